The summed E-state index contributed by atoms with van der Waals surface area (Å²) in [4.78, 5) is 34.9. The van der Waals surface area contributed by atoms with Gasteiger partial charge in [-0.15, -0.1) is 0 Å². The van der Waals surface area contributed by atoms with Crippen LogP contribution < -0.4 is 16.0 Å². The standard InChI is InChI=1S/C21H31N3O3/c1-16(25)22-13-6-2-3-12-20(26)23-15-17-8-7-11-19(14-17)24-21(27)18-9-4-5-10-18/h7-8,11,14,18H,2-6,9-10,12-13,15H2,1H3,(H,22,25)(H,23,26)(H,24,27). The van der Waals surface area contributed by atoms with Crippen LogP contribution in [0.1, 0.15) is 63.9 Å². The lowest BCUT2D eigenvalue weighted by molar-refractivity contribution is -0.121. The highest BCUT2D eigenvalue weighted by atomic mass is 16.2. The molecule has 1 aromatic carbocycles. The number of carbonyl (C=O) groups excluding carboxylic acids is 3. The summed E-state index contributed by atoms with van der Waals surface area (Å²) in [5.41, 5.74) is 1.76. The van der Waals surface area contributed by atoms with Crippen molar-refractivity contribution < 1.29 is 14.4 Å². The van der Waals surface area contributed by atoms with E-state index >= 15 is 0 Å². The Bertz CT molecular complexity index is 639. The number of hydrogen-bond acceptors (Lipinski definition) is 3. The van der Waals surface area contributed by atoms with E-state index in [9.17, 15) is 14.4 Å². The molecule has 1 aromatic rings. The molecule has 0 saturated heterocycles. The Balaban J connectivity index is 1.65. The van der Waals surface area contributed by atoms with Crippen molar-refractivity contribution in [2.45, 2.75) is 64.8 Å². The molecule has 3 amide bonds. The van der Waals surface area contributed by atoms with Gasteiger partial charge in [0.05, 0.1) is 0 Å². The summed E-state index contributed by atoms with van der Waals surface area (Å²) in [6.45, 7) is 2.62. The summed E-state index contributed by atoms with van der Waals surface area (Å²) in [5, 5.41) is 8.66. The molecule has 1 aliphatic carbocycles. The second-order valence-electron chi connectivity index (χ2n) is 7.24. The van der Waals surface area contributed by atoms with Crippen LogP contribution in [0.5, 0.6) is 0 Å². The van der Waals surface area contributed by atoms with E-state index in [0.29, 0.717) is 19.5 Å². The van der Waals surface area contributed by atoms with Gasteiger partial charge in [-0.25, -0.2) is 0 Å². The fourth-order valence-corrected chi connectivity index (χ4v) is 3.33. The van der Waals surface area contributed by atoms with Crippen molar-refractivity contribution in [1.82, 2.24) is 10.6 Å². The highest BCUT2D eigenvalue weighted by molar-refractivity contribution is 5.92. The second-order valence-corrected chi connectivity index (χ2v) is 7.24. The average molecular weight is 373 g/mol. The second kappa shape index (κ2) is 11.4. The van der Waals surface area contributed by atoms with Gasteiger partial charge in [0.2, 0.25) is 17.7 Å². The highest BCUT2D eigenvalue weighted by Gasteiger charge is 2.22. The molecule has 0 atom stereocenters. The first-order chi connectivity index (χ1) is 13.0. The van der Waals surface area contributed by atoms with E-state index in [-0.39, 0.29) is 23.6 Å². The van der Waals surface area contributed by atoms with Gasteiger partial charge < -0.3 is 16.0 Å². The summed E-state index contributed by atoms with van der Waals surface area (Å²) in [5.74, 6) is 0.247. The molecule has 0 aromatic heterocycles. The van der Waals surface area contributed by atoms with Crippen molar-refractivity contribution >= 4 is 23.4 Å². The van der Waals surface area contributed by atoms with Gasteiger partial charge in [-0.05, 0) is 43.4 Å². The van der Waals surface area contributed by atoms with Crippen LogP contribution in [0.15, 0.2) is 24.3 Å². The zero-order chi connectivity index (χ0) is 19.5. The number of anilines is 1. The van der Waals surface area contributed by atoms with Crippen LogP contribution >= 0.6 is 0 Å². The third kappa shape index (κ3) is 8.24. The van der Waals surface area contributed by atoms with Gasteiger partial charge in [0.1, 0.15) is 0 Å². The molecule has 0 unspecified atom stereocenters. The maximum atomic E-state index is 12.2. The number of rotatable bonds is 10. The van der Waals surface area contributed by atoms with Crippen LogP contribution in [0.4, 0.5) is 5.69 Å². The molecule has 6 heteroatoms. The van der Waals surface area contributed by atoms with Gasteiger partial charge in [-0.1, -0.05) is 31.4 Å². The molecule has 2 rings (SSSR count). The molecular weight excluding hydrogens is 342 g/mol. The molecule has 3 N–H and O–H groups in total. The molecule has 0 aliphatic heterocycles. The van der Waals surface area contributed by atoms with Crippen molar-refractivity contribution in [3.05, 3.63) is 29.8 Å². The van der Waals surface area contributed by atoms with Crippen LogP contribution in [0.2, 0.25) is 0 Å². The van der Waals surface area contributed by atoms with Crippen LogP contribution in [0.3, 0.4) is 0 Å². The van der Waals surface area contributed by atoms with Gasteiger partial charge in [-0.2, -0.15) is 0 Å². The molecule has 27 heavy (non-hydrogen) atoms. The van der Waals surface area contributed by atoms with Crippen molar-refractivity contribution in [2.75, 3.05) is 11.9 Å². The Morgan fingerprint density at radius 3 is 2.56 bits per heavy atom. The number of benzene rings is 1. The van der Waals surface area contributed by atoms with E-state index in [1.807, 2.05) is 24.3 Å². The molecule has 0 bridgehead atoms. The first-order valence-corrected chi connectivity index (χ1v) is 9.95. The topological polar surface area (TPSA) is 87.3 Å². The van der Waals surface area contributed by atoms with E-state index in [1.165, 1.54) is 6.92 Å². The van der Waals surface area contributed by atoms with Gasteiger partial charge >= 0.3 is 0 Å². The van der Waals surface area contributed by atoms with Crippen LogP contribution in [0.25, 0.3) is 0 Å². The van der Waals surface area contributed by atoms with Gasteiger partial charge in [0.15, 0.2) is 0 Å². The predicted molar refractivity (Wildman–Crippen MR) is 106 cm³/mol. The van der Waals surface area contributed by atoms with E-state index in [4.69, 9.17) is 0 Å². The maximum absolute atomic E-state index is 12.2. The largest absolute Gasteiger partial charge is 0.356 e. The normalized spacial score (nSPS) is 14.0. The quantitative estimate of drug-likeness (QED) is 0.551. The third-order valence-electron chi connectivity index (χ3n) is 4.86. The first kappa shape index (κ1) is 20.9. The minimum atomic E-state index is -0.0191. The maximum Gasteiger partial charge on any atom is 0.227 e. The lowest BCUT2D eigenvalue weighted by Crippen LogP contribution is -2.23. The van der Waals surface area contributed by atoms with E-state index < -0.39 is 0 Å². The zero-order valence-corrected chi connectivity index (χ0v) is 16.2. The van der Waals surface area contributed by atoms with Gasteiger partial charge in [0.25, 0.3) is 0 Å². The van der Waals surface area contributed by atoms with Crippen molar-refractivity contribution in [3.8, 4) is 0 Å². The molecule has 0 radical (unpaired) electrons. The van der Waals surface area contributed by atoms with Gasteiger partial charge in [0, 0.05) is 38.0 Å². The molecule has 6 nitrogen and oxygen atoms in total. The van der Waals surface area contributed by atoms with Crippen molar-refractivity contribution in [1.29, 1.82) is 0 Å². The van der Waals surface area contributed by atoms with E-state index in [1.54, 1.807) is 0 Å². The Morgan fingerprint density at radius 2 is 1.81 bits per heavy atom. The number of carbonyl (C=O) groups is 3. The third-order valence-corrected chi connectivity index (χ3v) is 4.86. The Hall–Kier alpha value is -2.37. The lowest BCUT2D eigenvalue weighted by atomic mass is 10.1. The van der Waals surface area contributed by atoms with Crippen molar-refractivity contribution in [3.63, 3.8) is 0 Å². The SMILES string of the molecule is CC(=O)NCCCCCC(=O)NCc1cccc(NC(=O)C2CCCC2)c1. The summed E-state index contributed by atoms with van der Waals surface area (Å²) < 4.78 is 0. The molecule has 1 saturated carbocycles. The van der Waals surface area contributed by atoms with Gasteiger partial charge in [-0.3, -0.25) is 14.4 Å². The first-order valence-electron chi connectivity index (χ1n) is 9.95. The molecule has 0 heterocycles. The Morgan fingerprint density at radius 1 is 1.04 bits per heavy atom. The van der Waals surface area contributed by atoms with Crippen molar-refractivity contribution in [2.24, 2.45) is 5.92 Å². The summed E-state index contributed by atoms with van der Waals surface area (Å²) in [6.07, 6.45) is 7.32. The predicted octanol–water partition coefficient (Wildman–Crippen LogP) is 3.13. The molecule has 0 spiro atoms. The summed E-state index contributed by atoms with van der Waals surface area (Å²) in [6, 6.07) is 7.64. The summed E-state index contributed by atoms with van der Waals surface area (Å²) in [7, 11) is 0. The minimum absolute atomic E-state index is 0.0191. The fraction of sp³-hybridized carbons (Fsp3) is 0.571. The van der Waals surface area contributed by atoms with Crippen LogP contribution in [0, 0.1) is 5.92 Å². The number of nitrogens with one attached hydrogen (secondary N) is 3. The smallest absolute Gasteiger partial charge is 0.227 e. The Labute approximate surface area is 161 Å². The van der Waals surface area contributed by atoms with E-state index in [0.717, 1.165) is 56.2 Å². The molecule has 148 valence electrons. The number of unbranched alkanes of at least 4 members (excludes halogenated alkanes) is 2. The fourth-order valence-electron chi connectivity index (χ4n) is 3.33. The zero-order valence-electron chi connectivity index (χ0n) is 16.2. The number of hydrogen-bond donors (Lipinski definition) is 3. The van der Waals surface area contributed by atoms with Crippen LogP contribution in [-0.2, 0) is 20.9 Å². The number of amides is 3. The lowest BCUT2D eigenvalue weighted by Gasteiger charge is -2.12. The van der Waals surface area contributed by atoms with E-state index in [2.05, 4.69) is 16.0 Å². The average Bonchev–Trinajstić information content (AvgIpc) is 3.18. The molecular formula is C21H31N3O3. The minimum Gasteiger partial charge on any atom is -0.356 e. The molecule has 1 aliphatic rings. The highest BCUT2D eigenvalue weighted by Crippen LogP contribution is 2.26. The summed E-state index contributed by atoms with van der Waals surface area (Å²) >= 11 is 0. The monoisotopic (exact) mass is 373 g/mol. The molecule has 1 fully saturated rings. The van der Waals surface area contributed by atoms with Crippen LogP contribution in [-0.4, -0.2) is 24.3 Å². The Kier molecular flexibility index (Phi) is 8.81.